The zero-order valence-electron chi connectivity index (χ0n) is 20.5. The molecule has 2 aromatic rings. The predicted molar refractivity (Wildman–Crippen MR) is 136 cm³/mol. The highest BCUT2D eigenvalue weighted by Crippen LogP contribution is 2.34. The van der Waals surface area contributed by atoms with Crippen LogP contribution in [0, 0.1) is 19.7 Å². The first-order valence-electron chi connectivity index (χ1n) is 11.7. The first-order chi connectivity index (χ1) is 16.5. The Hall–Kier alpha value is -2.20. The zero-order chi connectivity index (χ0) is 25.9. The molecule has 0 aliphatic carbocycles. The van der Waals surface area contributed by atoms with E-state index in [1.807, 2.05) is 0 Å². The summed E-state index contributed by atoms with van der Waals surface area (Å²) in [6.07, 6.45) is 3.30. The summed E-state index contributed by atoms with van der Waals surface area (Å²) in [4.78, 5) is 14.3. The fourth-order valence-corrected chi connectivity index (χ4v) is 6.45. The van der Waals surface area contributed by atoms with E-state index in [1.165, 1.54) is 25.1 Å². The number of halogens is 2. The summed E-state index contributed by atoms with van der Waals surface area (Å²) in [5.74, 6) is -2.92. The third-order valence-electron chi connectivity index (χ3n) is 6.82. The van der Waals surface area contributed by atoms with Gasteiger partial charge in [0, 0.05) is 30.1 Å². The van der Waals surface area contributed by atoms with Gasteiger partial charge < -0.3 is 10.4 Å². The van der Waals surface area contributed by atoms with Crippen LogP contribution in [0.3, 0.4) is 0 Å². The van der Waals surface area contributed by atoms with Crippen molar-refractivity contribution < 1.29 is 22.7 Å². The molecule has 0 amide bonds. The van der Waals surface area contributed by atoms with Crippen LogP contribution in [0.25, 0.3) is 0 Å². The number of carboxylic acids is 1. The number of piperidine rings is 1. The SMILES string of the molecule is CNc1c(S(=O)(=O)N[C@H](C(=O)O)C(C)c2c(F)ccc(C)c2C)ccc(Cl)c1CN1CCCCC1. The van der Waals surface area contributed by atoms with Gasteiger partial charge in [-0.2, -0.15) is 4.72 Å². The van der Waals surface area contributed by atoms with Crippen LogP contribution in [0.4, 0.5) is 10.1 Å². The van der Waals surface area contributed by atoms with Gasteiger partial charge in [0.15, 0.2) is 0 Å². The first kappa shape index (κ1) is 27.4. The minimum absolute atomic E-state index is 0.101. The number of hydrogen-bond acceptors (Lipinski definition) is 5. The summed E-state index contributed by atoms with van der Waals surface area (Å²) >= 11 is 6.47. The summed E-state index contributed by atoms with van der Waals surface area (Å²) < 4.78 is 44.0. The average molecular weight is 526 g/mol. The van der Waals surface area contributed by atoms with Crippen molar-refractivity contribution in [1.82, 2.24) is 9.62 Å². The van der Waals surface area contributed by atoms with Crippen molar-refractivity contribution in [3.05, 3.63) is 57.4 Å². The summed E-state index contributed by atoms with van der Waals surface area (Å²) in [6, 6.07) is 4.17. The van der Waals surface area contributed by atoms with E-state index in [2.05, 4.69) is 14.9 Å². The van der Waals surface area contributed by atoms with Gasteiger partial charge in [0.2, 0.25) is 10.0 Å². The Morgan fingerprint density at radius 3 is 2.43 bits per heavy atom. The Balaban J connectivity index is 1.99. The molecular weight excluding hydrogens is 493 g/mol. The molecule has 0 aromatic heterocycles. The topological polar surface area (TPSA) is 98.7 Å². The van der Waals surface area contributed by atoms with E-state index in [-0.39, 0.29) is 10.5 Å². The molecule has 1 aliphatic heterocycles. The molecule has 0 bridgehead atoms. The Morgan fingerprint density at radius 1 is 1.17 bits per heavy atom. The van der Waals surface area contributed by atoms with Crippen molar-refractivity contribution in [1.29, 1.82) is 0 Å². The van der Waals surface area contributed by atoms with Gasteiger partial charge in [-0.05, 0) is 74.7 Å². The number of nitrogens with one attached hydrogen (secondary N) is 2. The summed E-state index contributed by atoms with van der Waals surface area (Å²) in [5, 5.41) is 13.3. The molecule has 1 aliphatic rings. The third kappa shape index (κ3) is 5.97. The molecule has 1 saturated heterocycles. The number of likely N-dealkylation sites (tertiary alicyclic amines) is 1. The molecule has 2 atom stereocenters. The maximum absolute atomic E-state index is 14.7. The molecule has 2 aromatic carbocycles. The Morgan fingerprint density at radius 2 is 1.83 bits per heavy atom. The lowest BCUT2D eigenvalue weighted by molar-refractivity contribution is -0.139. The van der Waals surface area contributed by atoms with E-state index in [0.717, 1.165) is 37.9 Å². The fraction of sp³-hybridized carbons (Fsp3) is 0.480. The standard InChI is InChI=1S/C25H33ClFN3O4S/c1-15-8-10-20(27)22(16(15)2)17(3)23(25(31)32)29-35(33,34)21-11-9-19(26)18(24(21)28-4)14-30-12-6-5-7-13-30/h8-11,17,23,28-29H,5-7,12-14H2,1-4H3,(H,31,32)/t17?,23-/m0/s1. The average Bonchev–Trinajstić information content (AvgIpc) is 2.81. The second-order valence-electron chi connectivity index (χ2n) is 9.11. The van der Waals surface area contributed by atoms with E-state index < -0.39 is 33.8 Å². The van der Waals surface area contributed by atoms with Crippen molar-refractivity contribution in [3.8, 4) is 0 Å². The van der Waals surface area contributed by atoms with Crippen molar-refractivity contribution in [2.75, 3.05) is 25.5 Å². The highest BCUT2D eigenvalue weighted by Gasteiger charge is 2.35. The predicted octanol–water partition coefficient (Wildman–Crippen LogP) is 4.66. The van der Waals surface area contributed by atoms with Crippen LogP contribution in [0.15, 0.2) is 29.2 Å². The van der Waals surface area contributed by atoms with Gasteiger partial charge in [0.05, 0.1) is 5.69 Å². The van der Waals surface area contributed by atoms with Crippen molar-refractivity contribution in [3.63, 3.8) is 0 Å². The number of aryl methyl sites for hydroxylation is 1. The number of benzene rings is 2. The minimum Gasteiger partial charge on any atom is -0.480 e. The maximum Gasteiger partial charge on any atom is 0.322 e. The maximum atomic E-state index is 14.7. The van der Waals surface area contributed by atoms with E-state index in [4.69, 9.17) is 11.6 Å². The van der Waals surface area contributed by atoms with Crippen molar-refractivity contribution in [2.45, 2.75) is 63.4 Å². The van der Waals surface area contributed by atoms with Gasteiger partial charge in [0.1, 0.15) is 16.8 Å². The van der Waals surface area contributed by atoms with Crippen LogP contribution >= 0.6 is 11.6 Å². The quantitative estimate of drug-likeness (QED) is 0.440. The van der Waals surface area contributed by atoms with Gasteiger partial charge in [-0.15, -0.1) is 0 Å². The molecule has 192 valence electrons. The van der Waals surface area contributed by atoms with Gasteiger partial charge in [-0.3, -0.25) is 9.69 Å². The number of nitrogens with zero attached hydrogens (tertiary/aromatic N) is 1. The fourth-order valence-electron chi connectivity index (χ4n) is 4.72. The normalized spacial score (nSPS) is 16.6. The molecule has 3 rings (SSSR count). The minimum atomic E-state index is -4.31. The van der Waals surface area contributed by atoms with Crippen LogP contribution < -0.4 is 10.0 Å². The van der Waals surface area contributed by atoms with Gasteiger partial charge in [-0.1, -0.05) is 31.0 Å². The van der Waals surface area contributed by atoms with E-state index in [1.54, 1.807) is 27.0 Å². The summed E-state index contributed by atoms with van der Waals surface area (Å²) in [7, 11) is -2.70. The van der Waals surface area contributed by atoms with Crippen molar-refractivity contribution in [2.24, 2.45) is 0 Å². The number of hydrogen-bond donors (Lipinski definition) is 3. The van der Waals surface area contributed by atoms with Crippen LogP contribution in [0.5, 0.6) is 0 Å². The van der Waals surface area contributed by atoms with E-state index in [9.17, 15) is 22.7 Å². The molecule has 0 saturated carbocycles. The number of carbonyl (C=O) groups is 1. The lowest BCUT2D eigenvalue weighted by atomic mass is 9.88. The van der Waals surface area contributed by atoms with Gasteiger partial charge >= 0.3 is 5.97 Å². The molecule has 0 radical (unpaired) electrons. The highest BCUT2D eigenvalue weighted by atomic mass is 35.5. The zero-order valence-corrected chi connectivity index (χ0v) is 22.1. The Kier molecular flexibility index (Phi) is 8.80. The molecule has 7 nitrogen and oxygen atoms in total. The van der Waals surface area contributed by atoms with Gasteiger partial charge in [-0.25, -0.2) is 12.8 Å². The lowest BCUT2D eigenvalue weighted by Gasteiger charge is -2.28. The second kappa shape index (κ2) is 11.2. The van der Waals surface area contributed by atoms with Crippen LogP contribution in [-0.4, -0.2) is 50.6 Å². The van der Waals surface area contributed by atoms with Crippen LogP contribution in [-0.2, 0) is 21.4 Å². The molecule has 10 heteroatoms. The number of aliphatic carboxylic acids is 1. The summed E-state index contributed by atoms with van der Waals surface area (Å²) in [6.45, 7) is 7.27. The molecule has 1 unspecified atom stereocenters. The second-order valence-corrected chi connectivity index (χ2v) is 11.2. The molecular formula is C25H33ClFN3O4S. The molecule has 1 heterocycles. The Bertz CT molecular complexity index is 1200. The number of anilines is 1. The largest absolute Gasteiger partial charge is 0.480 e. The Labute approximate surface area is 211 Å². The summed E-state index contributed by atoms with van der Waals surface area (Å²) in [5.41, 5.74) is 2.52. The molecule has 1 fully saturated rings. The van der Waals surface area contributed by atoms with E-state index in [0.29, 0.717) is 28.4 Å². The monoisotopic (exact) mass is 525 g/mol. The molecule has 0 spiro atoms. The van der Waals surface area contributed by atoms with Crippen LogP contribution in [0.1, 0.15) is 54.4 Å². The van der Waals surface area contributed by atoms with E-state index >= 15 is 0 Å². The lowest BCUT2D eigenvalue weighted by Crippen LogP contribution is -2.44. The third-order valence-corrected chi connectivity index (χ3v) is 8.66. The number of rotatable bonds is 9. The number of sulfonamides is 1. The number of carboxylic acid groups (broad SMARTS) is 1. The van der Waals surface area contributed by atoms with Crippen molar-refractivity contribution >= 4 is 33.3 Å². The molecule has 35 heavy (non-hydrogen) atoms. The van der Waals surface area contributed by atoms with Gasteiger partial charge in [0.25, 0.3) is 0 Å². The van der Waals surface area contributed by atoms with Crippen LogP contribution in [0.2, 0.25) is 5.02 Å². The molecule has 3 N–H and O–H groups in total. The first-order valence-corrected chi connectivity index (χ1v) is 13.6. The smallest absolute Gasteiger partial charge is 0.322 e. The highest BCUT2D eigenvalue weighted by molar-refractivity contribution is 7.89.